The molecule has 3 rings (SSSR count). The van der Waals surface area contributed by atoms with Crippen molar-refractivity contribution in [1.29, 1.82) is 0 Å². The standard InChI is InChI=1S/C21H22N2O2S2/c1-4-12-23-18-10-5-15(2)14-19(18)27-21(23)22-20(24)11-13-26-17-8-6-16(25-3)7-9-17/h4-10,14H,1,11-13H2,2-3H3. The Morgan fingerprint density at radius 3 is 2.78 bits per heavy atom. The molecule has 0 aliphatic carbocycles. The van der Waals surface area contributed by atoms with Gasteiger partial charge in [0.15, 0.2) is 4.80 Å². The molecular weight excluding hydrogens is 376 g/mol. The first-order valence-corrected chi connectivity index (χ1v) is 10.5. The molecule has 0 aliphatic heterocycles. The van der Waals surface area contributed by atoms with Gasteiger partial charge in [-0.2, -0.15) is 4.99 Å². The van der Waals surface area contributed by atoms with Crippen LogP contribution in [0.3, 0.4) is 0 Å². The third-order valence-corrected chi connectivity index (χ3v) is 6.07. The normalized spacial score (nSPS) is 11.7. The van der Waals surface area contributed by atoms with Crippen molar-refractivity contribution in [2.75, 3.05) is 12.9 Å². The summed E-state index contributed by atoms with van der Waals surface area (Å²) in [4.78, 5) is 18.6. The van der Waals surface area contributed by atoms with E-state index in [2.05, 4.69) is 36.7 Å². The SMILES string of the molecule is C=CCn1c(=NC(=O)CCSc2ccc(OC)cc2)sc2cc(C)ccc21. The summed E-state index contributed by atoms with van der Waals surface area (Å²) >= 11 is 3.19. The number of thioether (sulfide) groups is 1. The molecule has 140 valence electrons. The van der Waals surface area contributed by atoms with Gasteiger partial charge in [-0.05, 0) is 48.9 Å². The van der Waals surface area contributed by atoms with Crippen molar-refractivity contribution in [2.45, 2.75) is 24.8 Å². The molecular formula is C21H22N2O2S2. The quantitative estimate of drug-likeness (QED) is 0.423. The number of hydrogen-bond acceptors (Lipinski definition) is 4. The van der Waals surface area contributed by atoms with E-state index in [1.807, 2.05) is 34.9 Å². The summed E-state index contributed by atoms with van der Waals surface area (Å²) in [5, 5.41) is 0. The number of thiazole rings is 1. The average molecular weight is 399 g/mol. The van der Waals surface area contributed by atoms with Crippen LogP contribution < -0.4 is 9.54 Å². The van der Waals surface area contributed by atoms with Gasteiger partial charge < -0.3 is 9.30 Å². The molecule has 0 bridgehead atoms. The first kappa shape index (κ1) is 19.5. The second-order valence-corrected chi connectivity index (χ2v) is 8.21. The van der Waals surface area contributed by atoms with E-state index in [-0.39, 0.29) is 5.91 Å². The number of benzene rings is 2. The summed E-state index contributed by atoms with van der Waals surface area (Å²) in [7, 11) is 1.65. The average Bonchev–Trinajstić information content (AvgIpc) is 2.98. The second kappa shape index (κ2) is 9.06. The summed E-state index contributed by atoms with van der Waals surface area (Å²) in [6.07, 6.45) is 2.23. The molecule has 0 radical (unpaired) electrons. The largest absolute Gasteiger partial charge is 0.497 e. The summed E-state index contributed by atoms with van der Waals surface area (Å²) in [5.74, 6) is 1.43. The Labute approximate surface area is 167 Å². The number of ether oxygens (including phenoxy) is 1. The Balaban J connectivity index is 1.72. The first-order chi connectivity index (χ1) is 13.1. The van der Waals surface area contributed by atoms with Crippen LogP contribution in [0.4, 0.5) is 0 Å². The molecule has 1 heterocycles. The van der Waals surface area contributed by atoms with E-state index in [9.17, 15) is 4.79 Å². The number of amides is 1. The van der Waals surface area contributed by atoms with E-state index in [4.69, 9.17) is 4.74 Å². The van der Waals surface area contributed by atoms with E-state index < -0.39 is 0 Å². The highest BCUT2D eigenvalue weighted by Crippen LogP contribution is 2.22. The highest BCUT2D eigenvalue weighted by molar-refractivity contribution is 7.99. The van der Waals surface area contributed by atoms with Crippen LogP contribution in [-0.2, 0) is 11.3 Å². The van der Waals surface area contributed by atoms with Crippen LogP contribution >= 0.6 is 23.1 Å². The lowest BCUT2D eigenvalue weighted by Gasteiger charge is -2.03. The van der Waals surface area contributed by atoms with Gasteiger partial charge in [0.25, 0.3) is 0 Å². The minimum absolute atomic E-state index is 0.0999. The zero-order chi connectivity index (χ0) is 19.2. The molecule has 2 aromatic carbocycles. The molecule has 6 heteroatoms. The number of hydrogen-bond donors (Lipinski definition) is 0. The van der Waals surface area contributed by atoms with Gasteiger partial charge in [-0.15, -0.1) is 18.3 Å². The summed E-state index contributed by atoms with van der Waals surface area (Å²) in [5.41, 5.74) is 2.29. The number of carbonyl (C=O) groups is 1. The van der Waals surface area contributed by atoms with Crippen LogP contribution in [0, 0.1) is 6.92 Å². The number of fused-ring (bicyclic) bond motifs is 1. The molecule has 1 amide bonds. The molecule has 1 aromatic heterocycles. The van der Waals surface area contributed by atoms with Gasteiger partial charge in [0.1, 0.15) is 5.75 Å². The van der Waals surface area contributed by atoms with Crippen LogP contribution in [0.5, 0.6) is 5.75 Å². The number of rotatable bonds is 7. The Hall–Kier alpha value is -2.31. The van der Waals surface area contributed by atoms with Gasteiger partial charge in [-0.1, -0.05) is 23.5 Å². The van der Waals surface area contributed by atoms with Crippen LogP contribution in [0.15, 0.2) is 65.0 Å². The Morgan fingerprint density at radius 2 is 2.07 bits per heavy atom. The van der Waals surface area contributed by atoms with Gasteiger partial charge in [0, 0.05) is 23.6 Å². The Bertz CT molecular complexity index is 1020. The molecule has 0 spiro atoms. The van der Waals surface area contributed by atoms with Gasteiger partial charge in [-0.3, -0.25) is 4.79 Å². The van der Waals surface area contributed by atoms with Crippen LogP contribution in [-0.4, -0.2) is 23.3 Å². The molecule has 0 N–H and O–H groups in total. The number of methoxy groups -OCH3 is 1. The van der Waals surface area contributed by atoms with Crippen molar-refractivity contribution in [3.8, 4) is 5.75 Å². The lowest BCUT2D eigenvalue weighted by Crippen LogP contribution is -2.16. The molecule has 4 nitrogen and oxygen atoms in total. The van der Waals surface area contributed by atoms with Crippen molar-refractivity contribution >= 4 is 39.2 Å². The number of allylic oxidation sites excluding steroid dienone is 1. The topological polar surface area (TPSA) is 43.6 Å². The molecule has 0 unspecified atom stereocenters. The van der Waals surface area contributed by atoms with Crippen molar-refractivity contribution in [2.24, 2.45) is 4.99 Å². The lowest BCUT2D eigenvalue weighted by atomic mass is 10.2. The number of nitrogens with zero attached hydrogens (tertiary/aromatic N) is 2. The Kier molecular flexibility index (Phi) is 6.53. The second-order valence-electron chi connectivity index (χ2n) is 6.03. The predicted molar refractivity (Wildman–Crippen MR) is 114 cm³/mol. The van der Waals surface area contributed by atoms with Gasteiger partial charge >= 0.3 is 0 Å². The van der Waals surface area contributed by atoms with E-state index in [0.29, 0.717) is 18.7 Å². The zero-order valence-corrected chi connectivity index (χ0v) is 17.1. The predicted octanol–water partition coefficient (Wildman–Crippen LogP) is 4.82. The number of aromatic nitrogens is 1. The minimum Gasteiger partial charge on any atom is -0.497 e. The van der Waals surface area contributed by atoms with Crippen molar-refractivity contribution in [1.82, 2.24) is 4.57 Å². The maximum Gasteiger partial charge on any atom is 0.249 e. The fourth-order valence-corrected chi connectivity index (χ4v) is 4.66. The van der Waals surface area contributed by atoms with Crippen LogP contribution in [0.25, 0.3) is 10.2 Å². The van der Waals surface area contributed by atoms with E-state index in [0.717, 1.165) is 25.7 Å². The summed E-state index contributed by atoms with van der Waals surface area (Å²) in [6, 6.07) is 14.1. The molecule has 27 heavy (non-hydrogen) atoms. The molecule has 3 aromatic rings. The molecule has 0 fully saturated rings. The summed E-state index contributed by atoms with van der Waals surface area (Å²) in [6.45, 7) is 6.52. The highest BCUT2D eigenvalue weighted by atomic mass is 32.2. The summed E-state index contributed by atoms with van der Waals surface area (Å²) < 4.78 is 8.33. The number of carbonyl (C=O) groups excluding carboxylic acids is 1. The maximum atomic E-state index is 12.4. The van der Waals surface area contributed by atoms with Crippen LogP contribution in [0.1, 0.15) is 12.0 Å². The van der Waals surface area contributed by atoms with E-state index in [1.54, 1.807) is 30.2 Å². The first-order valence-electron chi connectivity index (χ1n) is 8.66. The van der Waals surface area contributed by atoms with E-state index in [1.165, 1.54) is 5.56 Å². The Morgan fingerprint density at radius 1 is 1.30 bits per heavy atom. The molecule has 0 saturated heterocycles. The van der Waals surface area contributed by atoms with Gasteiger partial charge in [0.05, 0.1) is 17.3 Å². The van der Waals surface area contributed by atoms with Crippen molar-refractivity contribution < 1.29 is 9.53 Å². The fraction of sp³-hybridized carbons (Fsp3) is 0.238. The third-order valence-electron chi connectivity index (χ3n) is 4.01. The van der Waals surface area contributed by atoms with Crippen molar-refractivity contribution in [3.63, 3.8) is 0 Å². The third kappa shape index (κ3) is 4.90. The molecule has 0 saturated carbocycles. The zero-order valence-electron chi connectivity index (χ0n) is 15.5. The monoisotopic (exact) mass is 398 g/mol. The minimum atomic E-state index is -0.0999. The number of aryl methyl sites for hydroxylation is 1. The smallest absolute Gasteiger partial charge is 0.249 e. The molecule has 0 atom stereocenters. The molecule has 0 aliphatic rings. The fourth-order valence-electron chi connectivity index (χ4n) is 2.66. The lowest BCUT2D eigenvalue weighted by molar-refractivity contribution is -0.117. The van der Waals surface area contributed by atoms with Gasteiger partial charge in [0.2, 0.25) is 5.91 Å². The highest BCUT2D eigenvalue weighted by Gasteiger charge is 2.08. The maximum absolute atomic E-state index is 12.4. The van der Waals surface area contributed by atoms with Crippen molar-refractivity contribution in [3.05, 3.63) is 65.5 Å². The van der Waals surface area contributed by atoms with E-state index >= 15 is 0 Å². The van der Waals surface area contributed by atoms with Crippen LogP contribution in [0.2, 0.25) is 0 Å². The van der Waals surface area contributed by atoms with Gasteiger partial charge in [-0.25, -0.2) is 0 Å².